The van der Waals surface area contributed by atoms with Gasteiger partial charge in [0.1, 0.15) is 0 Å². The van der Waals surface area contributed by atoms with E-state index in [0.717, 1.165) is 6.42 Å². The Bertz CT molecular complexity index is 540. The Morgan fingerprint density at radius 1 is 1.26 bits per heavy atom. The summed E-state index contributed by atoms with van der Waals surface area (Å²) in [6, 6.07) is 7.36. The predicted octanol–water partition coefficient (Wildman–Crippen LogP) is 3.92. The molecule has 0 saturated heterocycles. The molecule has 0 fully saturated rings. The molecule has 1 unspecified atom stereocenters. The average Bonchev–Trinajstić information content (AvgIpc) is 2.37. The zero-order valence-electron chi connectivity index (χ0n) is 11.2. The van der Waals surface area contributed by atoms with Crippen molar-refractivity contribution < 1.29 is 9.59 Å². The first kappa shape index (κ1) is 14.0. The summed E-state index contributed by atoms with van der Waals surface area (Å²) in [6.07, 6.45) is 1.94. The van der Waals surface area contributed by atoms with Crippen LogP contribution in [-0.2, 0) is 11.2 Å². The molecule has 3 heteroatoms. The fraction of sp³-hybridized carbons (Fsp3) is 0.375. The fourth-order valence-electron chi connectivity index (χ4n) is 2.34. The summed E-state index contributed by atoms with van der Waals surface area (Å²) in [6.45, 7) is 4.03. The third kappa shape index (κ3) is 2.95. The van der Waals surface area contributed by atoms with Gasteiger partial charge in [-0.05, 0) is 24.3 Å². The quantitative estimate of drug-likeness (QED) is 0.619. The highest BCUT2D eigenvalue weighted by atomic mass is 35.5. The van der Waals surface area contributed by atoms with Gasteiger partial charge >= 0.3 is 0 Å². The lowest BCUT2D eigenvalue weighted by Crippen LogP contribution is -2.22. The van der Waals surface area contributed by atoms with Gasteiger partial charge in [0.25, 0.3) is 0 Å². The van der Waals surface area contributed by atoms with E-state index in [1.165, 1.54) is 5.56 Å². The molecule has 0 saturated carbocycles. The molecule has 0 heterocycles. The summed E-state index contributed by atoms with van der Waals surface area (Å²) in [7, 11) is 0. The van der Waals surface area contributed by atoms with Gasteiger partial charge < -0.3 is 0 Å². The second-order valence-corrected chi connectivity index (χ2v) is 5.55. The Hall–Kier alpha value is -1.41. The van der Waals surface area contributed by atoms with Gasteiger partial charge in [0.15, 0.2) is 11.6 Å². The van der Waals surface area contributed by atoms with E-state index in [1.54, 1.807) is 12.1 Å². The highest BCUT2D eigenvalue weighted by Gasteiger charge is 2.29. The van der Waals surface area contributed by atoms with Crippen LogP contribution in [-0.4, -0.2) is 11.6 Å². The maximum atomic E-state index is 12.4. The zero-order chi connectivity index (χ0) is 14.0. The number of aryl methyl sites for hydroxylation is 1. The van der Waals surface area contributed by atoms with Gasteiger partial charge in [-0.15, -0.1) is 0 Å². The van der Waals surface area contributed by atoms with Crippen molar-refractivity contribution in [3.05, 3.63) is 46.0 Å². The van der Waals surface area contributed by atoms with Gasteiger partial charge in [-0.25, -0.2) is 0 Å². The highest BCUT2D eigenvalue weighted by molar-refractivity contribution is 6.39. The van der Waals surface area contributed by atoms with Gasteiger partial charge in [-0.3, -0.25) is 9.59 Å². The van der Waals surface area contributed by atoms with Crippen molar-refractivity contribution in [2.24, 2.45) is 5.92 Å². The van der Waals surface area contributed by atoms with Gasteiger partial charge in [0.2, 0.25) is 0 Å². The highest BCUT2D eigenvalue weighted by Crippen LogP contribution is 2.31. The number of benzene rings is 1. The number of carbonyl (C=O) groups excluding carboxylic acids is 2. The van der Waals surface area contributed by atoms with Crippen LogP contribution in [0.15, 0.2) is 34.9 Å². The second kappa shape index (κ2) is 5.70. The summed E-state index contributed by atoms with van der Waals surface area (Å²) in [4.78, 5) is 24.4. The van der Waals surface area contributed by atoms with Gasteiger partial charge in [0.05, 0.1) is 5.57 Å². The number of carbonyl (C=O) groups is 2. The molecule has 0 bridgehead atoms. The van der Waals surface area contributed by atoms with Crippen molar-refractivity contribution in [1.82, 2.24) is 0 Å². The molecule has 1 atom stereocenters. The first-order valence-corrected chi connectivity index (χ1v) is 6.96. The Kier molecular flexibility index (Phi) is 4.20. The minimum absolute atomic E-state index is 0.131. The van der Waals surface area contributed by atoms with Crippen molar-refractivity contribution in [1.29, 1.82) is 0 Å². The Balaban J connectivity index is 2.32. The Labute approximate surface area is 118 Å². The predicted molar refractivity (Wildman–Crippen MR) is 76.4 cm³/mol. The van der Waals surface area contributed by atoms with E-state index in [2.05, 4.69) is 6.92 Å². The van der Waals surface area contributed by atoms with Gasteiger partial charge in [-0.1, -0.05) is 49.7 Å². The van der Waals surface area contributed by atoms with Crippen molar-refractivity contribution in [3.8, 4) is 0 Å². The van der Waals surface area contributed by atoms with Crippen LogP contribution in [0.25, 0.3) is 0 Å². The summed E-state index contributed by atoms with van der Waals surface area (Å²) in [5.74, 6) is -0.156. The molecule has 1 aliphatic carbocycles. The number of rotatable bonds is 3. The van der Waals surface area contributed by atoms with E-state index in [4.69, 9.17) is 11.6 Å². The topological polar surface area (TPSA) is 34.1 Å². The Morgan fingerprint density at radius 2 is 1.89 bits per heavy atom. The third-order valence-electron chi connectivity index (χ3n) is 3.46. The minimum atomic E-state index is -0.246. The van der Waals surface area contributed by atoms with Crippen LogP contribution in [0.2, 0.25) is 0 Å². The summed E-state index contributed by atoms with van der Waals surface area (Å²) < 4.78 is 0. The fourth-order valence-corrected chi connectivity index (χ4v) is 2.79. The lowest BCUT2D eigenvalue weighted by molar-refractivity contribution is -0.116. The third-order valence-corrected chi connectivity index (χ3v) is 3.81. The van der Waals surface area contributed by atoms with E-state index >= 15 is 0 Å². The van der Waals surface area contributed by atoms with Gasteiger partial charge in [-0.2, -0.15) is 0 Å². The molecule has 100 valence electrons. The van der Waals surface area contributed by atoms with Crippen molar-refractivity contribution >= 4 is 23.2 Å². The molecule has 2 nitrogen and oxygen atoms in total. The molecular formula is C16H17ClO2. The molecule has 0 aromatic heterocycles. The minimum Gasteiger partial charge on any atom is -0.294 e. The number of ketones is 2. The van der Waals surface area contributed by atoms with E-state index in [1.807, 2.05) is 19.1 Å². The number of halogens is 1. The molecule has 0 aliphatic heterocycles. The number of allylic oxidation sites excluding steroid dienone is 2. The maximum Gasteiger partial charge on any atom is 0.197 e. The molecule has 1 aromatic rings. The van der Waals surface area contributed by atoms with E-state index in [-0.39, 0.29) is 23.1 Å². The SMILES string of the molecule is CCc1ccc(C(=O)C2=C(Cl)CC(C)CC2=O)cc1. The van der Waals surface area contributed by atoms with Crippen LogP contribution in [0.5, 0.6) is 0 Å². The van der Waals surface area contributed by atoms with Crippen molar-refractivity contribution in [2.45, 2.75) is 33.1 Å². The van der Waals surface area contributed by atoms with E-state index in [0.29, 0.717) is 23.4 Å². The monoisotopic (exact) mass is 276 g/mol. The molecular weight excluding hydrogens is 260 g/mol. The second-order valence-electron chi connectivity index (χ2n) is 5.10. The molecule has 19 heavy (non-hydrogen) atoms. The van der Waals surface area contributed by atoms with Crippen molar-refractivity contribution in [3.63, 3.8) is 0 Å². The molecule has 0 spiro atoms. The maximum absolute atomic E-state index is 12.4. The van der Waals surface area contributed by atoms with Crippen LogP contribution in [0.1, 0.15) is 42.6 Å². The van der Waals surface area contributed by atoms with Crippen LogP contribution in [0, 0.1) is 5.92 Å². The Morgan fingerprint density at radius 3 is 2.42 bits per heavy atom. The summed E-state index contributed by atoms with van der Waals surface area (Å²) >= 11 is 6.11. The van der Waals surface area contributed by atoms with Crippen LogP contribution in [0.4, 0.5) is 0 Å². The first-order chi connectivity index (χ1) is 9.02. The average molecular weight is 277 g/mol. The van der Waals surface area contributed by atoms with Crippen molar-refractivity contribution in [2.75, 3.05) is 0 Å². The van der Waals surface area contributed by atoms with Crippen LogP contribution < -0.4 is 0 Å². The van der Waals surface area contributed by atoms with E-state index in [9.17, 15) is 9.59 Å². The molecule has 0 amide bonds. The number of hydrogen-bond donors (Lipinski definition) is 0. The largest absolute Gasteiger partial charge is 0.294 e. The first-order valence-electron chi connectivity index (χ1n) is 6.58. The molecule has 1 aliphatic rings. The summed E-state index contributed by atoms with van der Waals surface area (Å²) in [5.41, 5.74) is 1.89. The lowest BCUT2D eigenvalue weighted by atomic mass is 9.86. The van der Waals surface area contributed by atoms with Crippen LogP contribution in [0.3, 0.4) is 0 Å². The normalized spacial score (nSPS) is 19.7. The lowest BCUT2D eigenvalue weighted by Gasteiger charge is -2.19. The standard InChI is InChI=1S/C16H17ClO2/c1-3-11-4-6-12(7-5-11)16(19)15-13(17)8-10(2)9-14(15)18/h4-7,10H,3,8-9H2,1-2H3. The number of Topliss-reactive ketones (excluding diaryl/α,β-unsaturated/α-hetero) is 2. The van der Waals surface area contributed by atoms with Crippen LogP contribution >= 0.6 is 11.6 Å². The molecule has 0 N–H and O–H groups in total. The van der Waals surface area contributed by atoms with E-state index < -0.39 is 0 Å². The molecule has 2 rings (SSSR count). The smallest absolute Gasteiger partial charge is 0.197 e. The number of hydrogen-bond acceptors (Lipinski definition) is 2. The summed E-state index contributed by atoms with van der Waals surface area (Å²) in [5, 5.41) is 0.410. The van der Waals surface area contributed by atoms with Gasteiger partial charge in [0, 0.05) is 17.0 Å². The molecule has 0 radical (unpaired) electrons. The zero-order valence-corrected chi connectivity index (χ0v) is 12.0. The molecule has 1 aromatic carbocycles.